The monoisotopic (exact) mass is 398 g/mol. The minimum absolute atomic E-state index is 0.101. The molecule has 0 aliphatic carbocycles. The number of H-pyrrole nitrogens is 1. The van der Waals surface area contributed by atoms with E-state index in [0.29, 0.717) is 5.56 Å². The average molecular weight is 398 g/mol. The molecule has 1 aromatic carbocycles. The summed E-state index contributed by atoms with van der Waals surface area (Å²) in [5.74, 6) is -2.14. The first kappa shape index (κ1) is 21.3. The van der Waals surface area contributed by atoms with E-state index in [-0.39, 0.29) is 17.6 Å². The van der Waals surface area contributed by atoms with Gasteiger partial charge in [-0.1, -0.05) is 19.9 Å². The topological polar surface area (TPSA) is 87.3 Å². The SMILES string of the molecule is CC(C)[C@@H](NC(=O)c1cc(=O)[nH]c(N(C)C)n1)c1ccc(OC(F)F)c(F)c1. The highest BCUT2D eigenvalue weighted by molar-refractivity contribution is 5.92. The minimum atomic E-state index is -3.14. The molecule has 0 unspecified atom stereocenters. The second kappa shape index (κ2) is 8.77. The fourth-order valence-corrected chi connectivity index (χ4v) is 2.53. The second-order valence-corrected chi connectivity index (χ2v) is 6.61. The Morgan fingerprint density at radius 3 is 2.46 bits per heavy atom. The Bertz CT molecular complexity index is 900. The van der Waals surface area contributed by atoms with Crippen LogP contribution in [0, 0.1) is 11.7 Å². The van der Waals surface area contributed by atoms with Crippen LogP contribution in [-0.4, -0.2) is 36.6 Å². The van der Waals surface area contributed by atoms with Gasteiger partial charge < -0.3 is 15.0 Å². The van der Waals surface area contributed by atoms with Crippen LogP contribution < -0.4 is 20.5 Å². The van der Waals surface area contributed by atoms with E-state index >= 15 is 0 Å². The number of alkyl halides is 2. The van der Waals surface area contributed by atoms with E-state index in [4.69, 9.17) is 0 Å². The van der Waals surface area contributed by atoms with E-state index in [0.717, 1.165) is 18.2 Å². The lowest BCUT2D eigenvalue weighted by molar-refractivity contribution is -0.0522. The molecule has 1 aromatic heterocycles. The summed E-state index contributed by atoms with van der Waals surface area (Å²) in [6.07, 6.45) is 0. The number of aromatic amines is 1. The molecule has 0 saturated carbocycles. The third kappa shape index (κ3) is 5.24. The maximum atomic E-state index is 14.1. The lowest BCUT2D eigenvalue weighted by atomic mass is 9.95. The summed E-state index contributed by atoms with van der Waals surface area (Å²) in [5, 5.41) is 2.70. The molecule has 0 aliphatic heterocycles. The number of nitrogens with one attached hydrogen (secondary N) is 2. The van der Waals surface area contributed by atoms with Crippen LogP contribution in [0.3, 0.4) is 0 Å². The highest BCUT2D eigenvalue weighted by atomic mass is 19.3. The van der Waals surface area contributed by atoms with Crippen molar-refractivity contribution in [3.63, 3.8) is 0 Å². The molecule has 1 amide bonds. The van der Waals surface area contributed by atoms with Gasteiger partial charge in [0.15, 0.2) is 11.6 Å². The third-order valence-corrected chi connectivity index (χ3v) is 3.87. The van der Waals surface area contributed by atoms with Crippen LogP contribution in [-0.2, 0) is 0 Å². The predicted molar refractivity (Wildman–Crippen MR) is 97.3 cm³/mol. The molecule has 10 heteroatoms. The molecule has 0 aliphatic rings. The highest BCUT2D eigenvalue weighted by Gasteiger charge is 2.22. The van der Waals surface area contributed by atoms with Crippen molar-refractivity contribution in [1.29, 1.82) is 0 Å². The summed E-state index contributed by atoms with van der Waals surface area (Å²) < 4.78 is 42.7. The third-order valence-electron chi connectivity index (χ3n) is 3.87. The first-order valence-corrected chi connectivity index (χ1v) is 8.42. The molecule has 2 N–H and O–H groups in total. The fourth-order valence-electron chi connectivity index (χ4n) is 2.53. The quantitative estimate of drug-likeness (QED) is 0.749. The number of rotatable bonds is 7. The van der Waals surface area contributed by atoms with Gasteiger partial charge in [-0.3, -0.25) is 14.6 Å². The van der Waals surface area contributed by atoms with Gasteiger partial charge in [0, 0.05) is 20.2 Å². The number of ether oxygens (including phenoxy) is 1. The number of hydrogen-bond acceptors (Lipinski definition) is 5. The zero-order chi connectivity index (χ0) is 21.0. The van der Waals surface area contributed by atoms with Gasteiger partial charge >= 0.3 is 6.61 Å². The molecule has 28 heavy (non-hydrogen) atoms. The summed E-state index contributed by atoms with van der Waals surface area (Å²) in [7, 11) is 3.31. The van der Waals surface area contributed by atoms with Gasteiger partial charge in [-0.15, -0.1) is 0 Å². The summed E-state index contributed by atoms with van der Waals surface area (Å²) in [6.45, 7) is 0.445. The van der Waals surface area contributed by atoms with Gasteiger partial charge in [-0.2, -0.15) is 8.78 Å². The van der Waals surface area contributed by atoms with Crippen molar-refractivity contribution in [2.45, 2.75) is 26.5 Å². The van der Waals surface area contributed by atoms with Crippen molar-refractivity contribution < 1.29 is 22.7 Å². The lowest BCUT2D eigenvalue weighted by Gasteiger charge is -2.23. The number of benzene rings is 1. The van der Waals surface area contributed by atoms with E-state index in [1.165, 1.54) is 11.0 Å². The molecule has 1 atom stereocenters. The lowest BCUT2D eigenvalue weighted by Crippen LogP contribution is -2.33. The van der Waals surface area contributed by atoms with Crippen molar-refractivity contribution in [2.75, 3.05) is 19.0 Å². The molecule has 0 saturated heterocycles. The van der Waals surface area contributed by atoms with E-state index in [1.54, 1.807) is 27.9 Å². The Hall–Kier alpha value is -3.04. The zero-order valence-corrected chi connectivity index (χ0v) is 15.8. The van der Waals surface area contributed by atoms with E-state index in [9.17, 15) is 22.8 Å². The van der Waals surface area contributed by atoms with Crippen molar-refractivity contribution in [2.24, 2.45) is 5.92 Å². The van der Waals surface area contributed by atoms with E-state index < -0.39 is 35.7 Å². The Morgan fingerprint density at radius 1 is 1.25 bits per heavy atom. The Labute approximate surface area is 159 Å². The van der Waals surface area contributed by atoms with Crippen LogP contribution in [0.1, 0.15) is 35.9 Å². The molecule has 152 valence electrons. The maximum Gasteiger partial charge on any atom is 0.387 e. The van der Waals surface area contributed by atoms with E-state index in [1.807, 2.05) is 0 Å². The van der Waals surface area contributed by atoms with Crippen molar-refractivity contribution >= 4 is 11.9 Å². The molecule has 0 radical (unpaired) electrons. The van der Waals surface area contributed by atoms with Crippen LogP contribution in [0.5, 0.6) is 5.75 Å². The summed E-state index contributed by atoms with van der Waals surface area (Å²) >= 11 is 0. The summed E-state index contributed by atoms with van der Waals surface area (Å²) in [6, 6.07) is 3.90. The Kier molecular flexibility index (Phi) is 6.66. The number of nitrogens with zero attached hydrogens (tertiary/aromatic N) is 2. The van der Waals surface area contributed by atoms with Gasteiger partial charge in [-0.05, 0) is 23.6 Å². The molecular weight excluding hydrogens is 377 g/mol. The van der Waals surface area contributed by atoms with Gasteiger partial charge in [0.05, 0.1) is 6.04 Å². The van der Waals surface area contributed by atoms with Crippen LogP contribution in [0.15, 0.2) is 29.1 Å². The molecule has 0 fully saturated rings. The average Bonchev–Trinajstić information content (AvgIpc) is 2.60. The normalized spacial score (nSPS) is 12.2. The first-order valence-electron chi connectivity index (χ1n) is 8.42. The van der Waals surface area contributed by atoms with Crippen molar-refractivity contribution in [3.05, 3.63) is 51.7 Å². The highest BCUT2D eigenvalue weighted by Crippen LogP contribution is 2.27. The van der Waals surface area contributed by atoms with Crippen LogP contribution in [0.4, 0.5) is 19.1 Å². The van der Waals surface area contributed by atoms with Gasteiger partial charge in [0.25, 0.3) is 11.5 Å². The summed E-state index contributed by atoms with van der Waals surface area (Å²) in [4.78, 5) is 32.5. The van der Waals surface area contributed by atoms with E-state index in [2.05, 4.69) is 20.0 Å². The molecular formula is C18H21F3N4O3. The molecule has 0 spiro atoms. The molecule has 1 heterocycles. The van der Waals surface area contributed by atoms with Gasteiger partial charge in [-0.25, -0.2) is 9.37 Å². The predicted octanol–water partition coefficient (Wildman–Crippen LogP) is 2.70. The van der Waals surface area contributed by atoms with Crippen LogP contribution >= 0.6 is 0 Å². The minimum Gasteiger partial charge on any atom is -0.432 e. The smallest absolute Gasteiger partial charge is 0.387 e. The maximum absolute atomic E-state index is 14.1. The Morgan fingerprint density at radius 2 is 1.93 bits per heavy atom. The second-order valence-electron chi connectivity index (χ2n) is 6.61. The van der Waals surface area contributed by atoms with Crippen molar-refractivity contribution in [1.82, 2.24) is 15.3 Å². The number of hydrogen-bond donors (Lipinski definition) is 2. The number of anilines is 1. The molecule has 2 aromatic rings. The fraction of sp³-hybridized carbons (Fsp3) is 0.389. The number of aromatic nitrogens is 2. The van der Waals surface area contributed by atoms with Gasteiger partial charge in [0.2, 0.25) is 5.95 Å². The van der Waals surface area contributed by atoms with Gasteiger partial charge in [0.1, 0.15) is 5.69 Å². The van der Waals surface area contributed by atoms with Crippen LogP contribution in [0.25, 0.3) is 0 Å². The first-order chi connectivity index (χ1) is 13.1. The number of carbonyl (C=O) groups is 1. The number of amides is 1. The largest absolute Gasteiger partial charge is 0.432 e. The Balaban J connectivity index is 2.29. The standard InChI is InChI=1S/C18H21F3N4O3/c1-9(2)15(10-5-6-13(11(19)7-10)28-17(20)21)24-16(27)12-8-14(26)23-18(22-12)25(3)4/h5-9,15,17H,1-4H3,(H,24,27)(H,22,23,26)/t15-/m1/s1. The molecule has 0 bridgehead atoms. The summed E-state index contributed by atoms with van der Waals surface area (Å²) in [5.41, 5.74) is -0.235. The number of halogens is 3. The zero-order valence-electron chi connectivity index (χ0n) is 15.8. The molecule has 7 nitrogen and oxygen atoms in total. The van der Waals surface area contributed by atoms with Crippen molar-refractivity contribution in [3.8, 4) is 5.75 Å². The van der Waals surface area contributed by atoms with Crippen LogP contribution in [0.2, 0.25) is 0 Å². The number of carbonyl (C=O) groups excluding carboxylic acids is 1. The molecule has 2 rings (SSSR count).